The van der Waals surface area contributed by atoms with Gasteiger partial charge in [-0.05, 0) is 77.0 Å². The zero-order chi connectivity index (χ0) is 51.3. The Labute approximate surface area is 426 Å². The van der Waals surface area contributed by atoms with E-state index in [-0.39, 0.29) is 25.9 Å². The lowest BCUT2D eigenvalue weighted by Crippen LogP contribution is -2.30. The number of hydrogen-bond acceptors (Lipinski definition) is 10. The Morgan fingerprint density at radius 2 is 0.786 bits per heavy atom. The number of phosphoric acid groups is 1. The number of aliphatic hydroxyl groups is 1. The fraction of sp³-hybridized carbons (Fsp3) is 0.707. The average Bonchev–Trinajstić information content (AvgIpc) is 3.35. The number of aliphatic hydroxyl groups excluding tert-OH is 1. The molecule has 0 rings (SSSR count). The summed E-state index contributed by atoms with van der Waals surface area (Å²) in [5, 5.41) is 9.79. The highest BCUT2D eigenvalue weighted by molar-refractivity contribution is 7.47. The van der Waals surface area contributed by atoms with Crippen molar-refractivity contribution in [2.24, 2.45) is 0 Å². The highest BCUT2D eigenvalue weighted by Gasteiger charge is 2.28. The van der Waals surface area contributed by atoms with E-state index >= 15 is 0 Å². The number of esters is 3. The topological polar surface area (TPSA) is 155 Å². The lowest BCUT2D eigenvalue weighted by atomic mass is 10.0. The van der Waals surface area contributed by atoms with Crippen molar-refractivity contribution < 1.29 is 52.2 Å². The van der Waals surface area contributed by atoms with E-state index in [0.29, 0.717) is 25.7 Å². The number of hydrogen-bond donors (Lipinski definition) is 2. The summed E-state index contributed by atoms with van der Waals surface area (Å²) in [5.41, 5.74) is 0. The monoisotopic (exact) mass is 1000 g/mol. The maximum atomic E-state index is 12.9. The summed E-state index contributed by atoms with van der Waals surface area (Å²) in [7, 11) is -4.76. The highest BCUT2D eigenvalue weighted by atomic mass is 31.2. The molecule has 0 aromatic heterocycles. The second kappa shape index (κ2) is 52.0. The van der Waals surface area contributed by atoms with Gasteiger partial charge in [0.15, 0.2) is 6.10 Å². The molecule has 0 heterocycles. The molecule has 0 bridgehead atoms. The summed E-state index contributed by atoms with van der Waals surface area (Å²) in [5.74, 6) is -1.58. The summed E-state index contributed by atoms with van der Waals surface area (Å²) in [6, 6.07) is 0. The fourth-order valence-electron chi connectivity index (χ4n) is 7.13. The molecule has 0 amide bonds. The van der Waals surface area contributed by atoms with Gasteiger partial charge in [0.05, 0.1) is 19.8 Å². The predicted octanol–water partition coefficient (Wildman–Crippen LogP) is 15.9. The molecule has 0 radical (unpaired) electrons. The van der Waals surface area contributed by atoms with Gasteiger partial charge >= 0.3 is 25.7 Å². The lowest BCUT2D eigenvalue weighted by molar-refractivity contribution is -0.161. The third kappa shape index (κ3) is 49.6. The fourth-order valence-corrected chi connectivity index (χ4v) is 7.91. The van der Waals surface area contributed by atoms with Crippen molar-refractivity contribution in [2.45, 2.75) is 238 Å². The Kier molecular flexibility index (Phi) is 49.5. The molecule has 0 saturated carbocycles. The van der Waals surface area contributed by atoms with Crippen molar-refractivity contribution in [2.75, 3.05) is 26.4 Å². The van der Waals surface area contributed by atoms with E-state index in [4.69, 9.17) is 23.3 Å². The third-order valence-electron chi connectivity index (χ3n) is 11.3. The van der Waals surface area contributed by atoms with Gasteiger partial charge in [-0.15, -0.1) is 0 Å². The van der Waals surface area contributed by atoms with Crippen LogP contribution in [0.25, 0.3) is 0 Å². The molecule has 2 N–H and O–H groups in total. The van der Waals surface area contributed by atoms with E-state index in [0.717, 1.165) is 89.9 Å². The molecule has 70 heavy (non-hydrogen) atoms. The van der Waals surface area contributed by atoms with E-state index < -0.39 is 57.8 Å². The Bertz CT molecular complexity index is 1500. The molecule has 0 aliphatic heterocycles. The standard InChI is InChI=1S/C58H99O11P/c1-4-7-10-13-16-19-22-24-25-26-27-28-29-31-34-37-40-43-46-49-58(62)69-55(51-65-56(60)47-44-41-38-35-32-21-18-15-12-9-6-3)53-67-70(63,64)66-52-54(50-59)68-57(61)48-45-42-39-36-33-30-23-20-17-14-11-8-5-2/h7,10,15-16,18-19,24-25,27-28,31,34,40,43,54-55,59H,4-6,8-9,11-14,17,20-23,26,29-30,32-33,35-39,41-42,44-53H2,1-3H3,(H,63,64)/b10-7-,18-15-,19-16-,25-24-,28-27-,34-31-,43-40-. The number of allylic oxidation sites excluding steroid dienone is 14. The van der Waals surface area contributed by atoms with Crippen molar-refractivity contribution in [3.05, 3.63) is 85.1 Å². The van der Waals surface area contributed by atoms with Crippen LogP contribution in [0, 0.1) is 0 Å². The first-order chi connectivity index (χ1) is 34.2. The predicted molar refractivity (Wildman–Crippen MR) is 288 cm³/mol. The number of carbonyl (C=O) groups is 3. The van der Waals surface area contributed by atoms with Gasteiger partial charge in [0, 0.05) is 19.3 Å². The van der Waals surface area contributed by atoms with E-state index in [1.807, 2.05) is 12.2 Å². The van der Waals surface area contributed by atoms with Gasteiger partial charge < -0.3 is 24.2 Å². The van der Waals surface area contributed by atoms with Crippen LogP contribution in [-0.2, 0) is 42.2 Å². The van der Waals surface area contributed by atoms with Crippen molar-refractivity contribution in [1.82, 2.24) is 0 Å². The summed E-state index contributed by atoms with van der Waals surface area (Å²) in [4.78, 5) is 48.3. The van der Waals surface area contributed by atoms with Gasteiger partial charge in [-0.25, -0.2) is 4.57 Å². The van der Waals surface area contributed by atoms with Crippen molar-refractivity contribution in [3.63, 3.8) is 0 Å². The molecule has 402 valence electrons. The molecule has 0 aliphatic carbocycles. The summed E-state index contributed by atoms with van der Waals surface area (Å²) < 4.78 is 39.3. The van der Waals surface area contributed by atoms with Gasteiger partial charge in [0.2, 0.25) is 0 Å². The van der Waals surface area contributed by atoms with Crippen molar-refractivity contribution in [1.29, 1.82) is 0 Å². The van der Waals surface area contributed by atoms with Crippen LogP contribution >= 0.6 is 7.82 Å². The molecular formula is C58H99O11P. The second-order valence-corrected chi connectivity index (χ2v) is 19.5. The molecule has 0 fully saturated rings. The number of phosphoric ester groups is 1. The maximum Gasteiger partial charge on any atom is 0.472 e. The molecule has 3 unspecified atom stereocenters. The Morgan fingerprint density at radius 1 is 0.414 bits per heavy atom. The van der Waals surface area contributed by atoms with Crippen LogP contribution in [0.1, 0.15) is 226 Å². The molecular weight excluding hydrogens is 904 g/mol. The molecule has 0 spiro atoms. The number of ether oxygens (including phenoxy) is 3. The largest absolute Gasteiger partial charge is 0.472 e. The minimum absolute atomic E-state index is 0.0390. The quantitative estimate of drug-likeness (QED) is 0.0197. The van der Waals surface area contributed by atoms with Crippen LogP contribution in [0.4, 0.5) is 0 Å². The first-order valence-electron chi connectivity index (χ1n) is 27.5. The first-order valence-corrected chi connectivity index (χ1v) is 29.0. The van der Waals surface area contributed by atoms with Gasteiger partial charge in [-0.1, -0.05) is 215 Å². The number of rotatable bonds is 50. The minimum atomic E-state index is -4.76. The number of unbranched alkanes of at least 4 members (excludes halogenated alkanes) is 19. The Balaban J connectivity index is 4.83. The highest BCUT2D eigenvalue weighted by Crippen LogP contribution is 2.43. The summed E-state index contributed by atoms with van der Waals surface area (Å²) >= 11 is 0. The van der Waals surface area contributed by atoms with Gasteiger partial charge in [-0.3, -0.25) is 23.4 Å². The third-order valence-corrected chi connectivity index (χ3v) is 12.3. The van der Waals surface area contributed by atoms with E-state index in [1.54, 1.807) is 0 Å². The van der Waals surface area contributed by atoms with Crippen LogP contribution in [0.2, 0.25) is 0 Å². The van der Waals surface area contributed by atoms with Crippen LogP contribution in [-0.4, -0.2) is 66.5 Å². The Morgan fingerprint density at radius 3 is 1.27 bits per heavy atom. The molecule has 0 aromatic rings. The van der Waals surface area contributed by atoms with Crippen LogP contribution in [0.5, 0.6) is 0 Å². The maximum absolute atomic E-state index is 12.9. The van der Waals surface area contributed by atoms with Crippen LogP contribution < -0.4 is 0 Å². The number of carbonyl (C=O) groups excluding carboxylic acids is 3. The summed E-state index contributed by atoms with van der Waals surface area (Å²) in [6.07, 6.45) is 58.5. The molecule has 12 heteroatoms. The summed E-state index contributed by atoms with van der Waals surface area (Å²) in [6.45, 7) is 4.39. The van der Waals surface area contributed by atoms with E-state index in [2.05, 4.69) is 93.7 Å². The smallest absolute Gasteiger partial charge is 0.462 e. The Hall–Kier alpha value is -3.34. The van der Waals surface area contributed by atoms with Gasteiger partial charge in [-0.2, -0.15) is 0 Å². The zero-order valence-electron chi connectivity index (χ0n) is 44.2. The van der Waals surface area contributed by atoms with Crippen LogP contribution in [0.15, 0.2) is 85.1 Å². The molecule has 0 aromatic carbocycles. The lowest BCUT2D eigenvalue weighted by Gasteiger charge is -2.21. The molecule has 3 atom stereocenters. The van der Waals surface area contributed by atoms with Crippen LogP contribution in [0.3, 0.4) is 0 Å². The van der Waals surface area contributed by atoms with Crippen molar-refractivity contribution >= 4 is 25.7 Å². The minimum Gasteiger partial charge on any atom is -0.462 e. The second-order valence-electron chi connectivity index (χ2n) is 18.0. The molecule has 0 aliphatic rings. The molecule has 11 nitrogen and oxygen atoms in total. The first kappa shape index (κ1) is 66.7. The SMILES string of the molecule is CC/C=C\C/C=C\C/C=C\C/C=C\C/C=C\C/C=C\CCC(=O)OC(COC(=O)CCCCCCC/C=C\CCCC)COP(=O)(O)OCC(CO)OC(=O)CCCCCCCCCCCCCCC. The van der Waals surface area contributed by atoms with Gasteiger partial charge in [0.1, 0.15) is 12.7 Å². The molecule has 0 saturated heterocycles. The normalized spacial score (nSPS) is 14.1. The van der Waals surface area contributed by atoms with Gasteiger partial charge in [0.25, 0.3) is 0 Å². The zero-order valence-corrected chi connectivity index (χ0v) is 45.1. The van der Waals surface area contributed by atoms with Crippen molar-refractivity contribution in [3.8, 4) is 0 Å². The average molecular weight is 1000 g/mol. The van der Waals surface area contributed by atoms with E-state index in [9.17, 15) is 28.9 Å². The van der Waals surface area contributed by atoms with E-state index in [1.165, 1.54) is 70.6 Å².